The molecule has 4 heteroatoms. The first-order chi connectivity index (χ1) is 7.27. The third-order valence-corrected chi connectivity index (χ3v) is 3.13. The molecular weight excluding hydrogens is 258 g/mol. The van der Waals surface area contributed by atoms with Crippen LogP contribution in [0, 0.1) is 0 Å². The van der Waals surface area contributed by atoms with Crippen LogP contribution in [-0.2, 0) is 0 Å². The maximum atomic E-state index is 9.74. The maximum Gasteiger partial charge on any atom is 0.172 e. The molecule has 1 saturated heterocycles. The fourth-order valence-corrected chi connectivity index (χ4v) is 2.04. The molecule has 2 N–H and O–H groups in total. The molecule has 15 heavy (non-hydrogen) atoms. The van der Waals surface area contributed by atoms with E-state index in [-0.39, 0.29) is 11.9 Å². The van der Waals surface area contributed by atoms with E-state index in [2.05, 4.69) is 21.2 Å². The molecule has 1 aliphatic rings. The summed E-state index contributed by atoms with van der Waals surface area (Å²) >= 11 is 3.27. The topological polar surface area (TPSA) is 41.5 Å². The Labute approximate surface area is 97.6 Å². The summed E-state index contributed by atoms with van der Waals surface area (Å²) in [5.74, 6) is 0.737. The average molecular weight is 272 g/mol. The molecule has 1 unspecified atom stereocenters. The first kappa shape index (κ1) is 10.8. The molecule has 3 nitrogen and oxygen atoms in total. The summed E-state index contributed by atoms with van der Waals surface area (Å²) in [5, 5.41) is 13.0. The van der Waals surface area contributed by atoms with E-state index in [1.165, 1.54) is 0 Å². The predicted molar refractivity (Wildman–Crippen MR) is 62.3 cm³/mol. The minimum absolute atomic E-state index is 0.166. The standard InChI is InChI=1S/C11H14BrNO2/c12-9-4-1-5-10(11(9)14)15-8-3-2-6-13-7-8/h1,4-5,8,13-14H,2-3,6-7H2. The average Bonchev–Trinajstić information content (AvgIpc) is 2.26. The fourth-order valence-electron chi connectivity index (χ4n) is 1.69. The van der Waals surface area contributed by atoms with Crippen LogP contribution in [0.5, 0.6) is 11.5 Å². The van der Waals surface area contributed by atoms with Gasteiger partial charge in [0.05, 0.1) is 4.47 Å². The van der Waals surface area contributed by atoms with Gasteiger partial charge in [0.2, 0.25) is 0 Å². The van der Waals surface area contributed by atoms with Gasteiger partial charge in [0.1, 0.15) is 6.10 Å². The molecular formula is C11H14BrNO2. The normalized spacial score (nSPS) is 21.3. The number of ether oxygens (including phenoxy) is 1. The number of phenolic OH excluding ortho intramolecular Hbond substituents is 1. The van der Waals surface area contributed by atoms with Gasteiger partial charge in [-0.25, -0.2) is 0 Å². The van der Waals surface area contributed by atoms with E-state index in [9.17, 15) is 5.11 Å². The first-order valence-corrected chi connectivity index (χ1v) is 5.91. The zero-order valence-electron chi connectivity index (χ0n) is 8.37. The van der Waals surface area contributed by atoms with Crippen LogP contribution < -0.4 is 10.1 Å². The lowest BCUT2D eigenvalue weighted by Crippen LogP contribution is -2.37. The van der Waals surface area contributed by atoms with Crippen molar-refractivity contribution in [3.63, 3.8) is 0 Å². The molecule has 0 saturated carbocycles. The van der Waals surface area contributed by atoms with Crippen molar-refractivity contribution in [3.05, 3.63) is 22.7 Å². The molecule has 0 aliphatic carbocycles. The summed E-state index contributed by atoms with van der Waals surface area (Å²) in [5.41, 5.74) is 0. The lowest BCUT2D eigenvalue weighted by molar-refractivity contribution is 0.161. The highest BCUT2D eigenvalue weighted by Gasteiger charge is 2.16. The predicted octanol–water partition coefficient (Wildman–Crippen LogP) is 2.29. The molecule has 1 heterocycles. The van der Waals surface area contributed by atoms with E-state index in [0.717, 1.165) is 25.9 Å². The van der Waals surface area contributed by atoms with Crippen LogP contribution in [-0.4, -0.2) is 24.3 Å². The van der Waals surface area contributed by atoms with Crippen LogP contribution in [0.3, 0.4) is 0 Å². The number of rotatable bonds is 2. The van der Waals surface area contributed by atoms with Crippen molar-refractivity contribution in [2.75, 3.05) is 13.1 Å². The molecule has 1 fully saturated rings. The smallest absolute Gasteiger partial charge is 0.172 e. The molecule has 0 spiro atoms. The third-order valence-electron chi connectivity index (χ3n) is 2.50. The van der Waals surface area contributed by atoms with Crippen LogP contribution in [0.25, 0.3) is 0 Å². The second-order valence-corrected chi connectivity index (χ2v) is 4.53. The van der Waals surface area contributed by atoms with Gasteiger partial charge >= 0.3 is 0 Å². The molecule has 0 radical (unpaired) electrons. The summed E-state index contributed by atoms with van der Waals surface area (Å²) in [6, 6.07) is 5.44. The van der Waals surface area contributed by atoms with Gasteiger partial charge in [-0.1, -0.05) is 6.07 Å². The van der Waals surface area contributed by atoms with Gasteiger partial charge in [0, 0.05) is 6.54 Å². The number of para-hydroxylation sites is 1. The third kappa shape index (κ3) is 2.63. The fraction of sp³-hybridized carbons (Fsp3) is 0.455. The van der Waals surface area contributed by atoms with Gasteiger partial charge in [0.25, 0.3) is 0 Å². The number of phenols is 1. The molecule has 0 aromatic heterocycles. The van der Waals surface area contributed by atoms with Crippen molar-refractivity contribution in [1.82, 2.24) is 5.32 Å². The summed E-state index contributed by atoms with van der Waals surface area (Å²) in [6.07, 6.45) is 2.33. The van der Waals surface area contributed by atoms with E-state index in [1.807, 2.05) is 6.07 Å². The molecule has 0 amide bonds. The second kappa shape index (κ2) is 4.86. The van der Waals surface area contributed by atoms with E-state index < -0.39 is 0 Å². The zero-order valence-corrected chi connectivity index (χ0v) is 9.96. The Morgan fingerprint density at radius 1 is 1.47 bits per heavy atom. The number of piperidine rings is 1. The van der Waals surface area contributed by atoms with E-state index >= 15 is 0 Å². The maximum absolute atomic E-state index is 9.74. The number of hydrogen-bond acceptors (Lipinski definition) is 3. The largest absolute Gasteiger partial charge is 0.503 e. The summed E-state index contributed by atoms with van der Waals surface area (Å²) in [6.45, 7) is 1.91. The highest BCUT2D eigenvalue weighted by molar-refractivity contribution is 9.10. The minimum atomic E-state index is 0.166. The summed E-state index contributed by atoms with van der Waals surface area (Å²) < 4.78 is 6.39. The number of halogens is 1. The molecule has 1 atom stereocenters. The second-order valence-electron chi connectivity index (χ2n) is 3.67. The number of hydrogen-bond donors (Lipinski definition) is 2. The van der Waals surface area contributed by atoms with Crippen molar-refractivity contribution < 1.29 is 9.84 Å². The summed E-state index contributed by atoms with van der Waals surface area (Å²) in [7, 11) is 0. The van der Waals surface area contributed by atoms with E-state index in [1.54, 1.807) is 12.1 Å². The highest BCUT2D eigenvalue weighted by atomic mass is 79.9. The summed E-state index contributed by atoms with van der Waals surface area (Å²) in [4.78, 5) is 0. The van der Waals surface area contributed by atoms with Gasteiger partial charge < -0.3 is 15.2 Å². The van der Waals surface area contributed by atoms with Gasteiger partial charge in [-0.2, -0.15) is 0 Å². The highest BCUT2D eigenvalue weighted by Crippen LogP contribution is 2.34. The van der Waals surface area contributed by atoms with Gasteiger partial charge in [-0.15, -0.1) is 0 Å². The van der Waals surface area contributed by atoms with Crippen LogP contribution in [0.15, 0.2) is 22.7 Å². The monoisotopic (exact) mass is 271 g/mol. The molecule has 2 rings (SSSR count). The van der Waals surface area contributed by atoms with Crippen molar-refractivity contribution >= 4 is 15.9 Å². The Balaban J connectivity index is 2.06. The van der Waals surface area contributed by atoms with Gasteiger partial charge in [0.15, 0.2) is 11.5 Å². The Kier molecular flexibility index (Phi) is 3.49. The number of benzene rings is 1. The van der Waals surface area contributed by atoms with Gasteiger partial charge in [-0.05, 0) is 47.4 Å². The molecule has 1 aliphatic heterocycles. The number of nitrogens with one attached hydrogen (secondary N) is 1. The SMILES string of the molecule is Oc1c(Br)cccc1OC1CCCNC1. The van der Waals surface area contributed by atoms with Crippen LogP contribution in [0.1, 0.15) is 12.8 Å². The number of aromatic hydroxyl groups is 1. The van der Waals surface area contributed by atoms with Crippen molar-refractivity contribution in [2.45, 2.75) is 18.9 Å². The Bertz CT molecular complexity index is 337. The van der Waals surface area contributed by atoms with Crippen molar-refractivity contribution in [2.24, 2.45) is 0 Å². The van der Waals surface area contributed by atoms with E-state index in [4.69, 9.17) is 4.74 Å². The Hall–Kier alpha value is -0.740. The van der Waals surface area contributed by atoms with Crippen LogP contribution in [0.2, 0.25) is 0 Å². The molecule has 1 aromatic carbocycles. The zero-order chi connectivity index (χ0) is 10.7. The van der Waals surface area contributed by atoms with E-state index in [0.29, 0.717) is 10.2 Å². The Morgan fingerprint density at radius 3 is 3.07 bits per heavy atom. The van der Waals surface area contributed by atoms with Gasteiger partial charge in [-0.3, -0.25) is 0 Å². The quantitative estimate of drug-likeness (QED) is 0.867. The van der Waals surface area contributed by atoms with Crippen molar-refractivity contribution in [3.8, 4) is 11.5 Å². The molecule has 82 valence electrons. The van der Waals surface area contributed by atoms with Crippen LogP contribution >= 0.6 is 15.9 Å². The molecule has 0 bridgehead atoms. The first-order valence-electron chi connectivity index (χ1n) is 5.12. The lowest BCUT2D eigenvalue weighted by atomic mass is 10.1. The lowest BCUT2D eigenvalue weighted by Gasteiger charge is -2.24. The van der Waals surface area contributed by atoms with Crippen LogP contribution in [0.4, 0.5) is 0 Å². The Morgan fingerprint density at radius 2 is 2.33 bits per heavy atom. The minimum Gasteiger partial charge on any atom is -0.503 e. The van der Waals surface area contributed by atoms with Crippen molar-refractivity contribution in [1.29, 1.82) is 0 Å². The molecule has 1 aromatic rings.